The Kier molecular flexibility index (Phi) is 5.56. The smallest absolute Gasteiger partial charge is 0.198 e. The van der Waals surface area contributed by atoms with Crippen LogP contribution in [0.2, 0.25) is 5.02 Å². The van der Waals surface area contributed by atoms with E-state index < -0.39 is 10.2 Å². The van der Waals surface area contributed by atoms with Crippen LogP contribution in [0.15, 0.2) is 24.3 Å². The van der Waals surface area contributed by atoms with E-state index in [2.05, 4.69) is 4.72 Å². The Morgan fingerprint density at radius 1 is 1.44 bits per heavy atom. The molecule has 0 heterocycles. The molecule has 0 saturated heterocycles. The molecule has 0 unspecified atom stereocenters. The van der Waals surface area contributed by atoms with Crippen molar-refractivity contribution in [3.05, 3.63) is 34.9 Å². The van der Waals surface area contributed by atoms with E-state index in [-0.39, 0.29) is 19.5 Å². The fourth-order valence-corrected chi connectivity index (χ4v) is 2.34. The third kappa shape index (κ3) is 4.27. The first-order valence-electron chi connectivity index (χ1n) is 5.28. The number of nitrogens with zero attached hydrogens (tertiary/aromatic N) is 2. The van der Waals surface area contributed by atoms with Gasteiger partial charge in [-0.2, -0.15) is 22.7 Å². The molecule has 1 rings (SSSR count). The van der Waals surface area contributed by atoms with Crippen molar-refractivity contribution in [3.63, 3.8) is 0 Å². The van der Waals surface area contributed by atoms with Crippen LogP contribution < -0.4 is 4.72 Å². The standard InChI is InChI=1S/C11H14ClN3O2S/c1-15(8-4-7-13)18(16,17)14-9-10-5-2-3-6-11(10)12/h2-3,5-6,14H,4,8-9H2,1H3. The summed E-state index contributed by atoms with van der Waals surface area (Å²) in [5, 5.41) is 8.93. The maximum absolute atomic E-state index is 11.8. The summed E-state index contributed by atoms with van der Waals surface area (Å²) in [5.74, 6) is 0. The summed E-state index contributed by atoms with van der Waals surface area (Å²) in [7, 11) is -2.15. The summed E-state index contributed by atoms with van der Waals surface area (Å²) < 4.78 is 27.1. The van der Waals surface area contributed by atoms with Gasteiger partial charge in [-0.1, -0.05) is 29.8 Å². The van der Waals surface area contributed by atoms with Crippen LogP contribution in [0.4, 0.5) is 0 Å². The molecule has 0 aliphatic rings. The molecule has 0 atom stereocenters. The molecule has 0 spiro atoms. The molecular weight excluding hydrogens is 274 g/mol. The Labute approximate surface area is 112 Å². The molecule has 0 radical (unpaired) electrons. The lowest BCUT2D eigenvalue weighted by Gasteiger charge is -2.16. The molecule has 0 aliphatic heterocycles. The van der Waals surface area contributed by atoms with Gasteiger partial charge in [0, 0.05) is 31.6 Å². The molecule has 0 aliphatic carbocycles. The molecule has 0 aromatic heterocycles. The molecular formula is C11H14ClN3O2S. The Morgan fingerprint density at radius 3 is 2.72 bits per heavy atom. The predicted octanol–water partition coefficient (Wildman–Crippen LogP) is 1.52. The minimum absolute atomic E-state index is 0.124. The van der Waals surface area contributed by atoms with Gasteiger partial charge < -0.3 is 0 Å². The van der Waals surface area contributed by atoms with Crippen LogP contribution in [0.3, 0.4) is 0 Å². The zero-order chi connectivity index (χ0) is 13.6. The Hall–Kier alpha value is -1.13. The average molecular weight is 288 g/mol. The van der Waals surface area contributed by atoms with Crippen molar-refractivity contribution in [2.24, 2.45) is 0 Å². The molecule has 1 aromatic rings. The minimum atomic E-state index is -3.57. The van der Waals surface area contributed by atoms with Crippen molar-refractivity contribution in [2.75, 3.05) is 13.6 Å². The third-order valence-corrected chi connectivity index (χ3v) is 4.23. The van der Waals surface area contributed by atoms with Crippen molar-refractivity contribution < 1.29 is 8.42 Å². The number of benzene rings is 1. The van der Waals surface area contributed by atoms with Gasteiger partial charge in [-0.05, 0) is 11.6 Å². The number of nitriles is 1. The number of rotatable bonds is 6. The highest BCUT2D eigenvalue weighted by molar-refractivity contribution is 7.87. The Bertz CT molecular complexity index is 539. The third-order valence-electron chi connectivity index (χ3n) is 2.35. The SMILES string of the molecule is CN(CCC#N)S(=O)(=O)NCc1ccccc1Cl. The van der Waals surface area contributed by atoms with E-state index in [4.69, 9.17) is 16.9 Å². The van der Waals surface area contributed by atoms with E-state index >= 15 is 0 Å². The molecule has 98 valence electrons. The monoisotopic (exact) mass is 287 g/mol. The van der Waals surface area contributed by atoms with Gasteiger partial charge in [0.1, 0.15) is 0 Å². The van der Waals surface area contributed by atoms with Crippen LogP contribution in [0.5, 0.6) is 0 Å². The first-order valence-corrected chi connectivity index (χ1v) is 7.10. The first kappa shape index (κ1) is 14.9. The fraction of sp³-hybridized carbons (Fsp3) is 0.364. The molecule has 1 N–H and O–H groups in total. The quantitative estimate of drug-likeness (QED) is 0.862. The second-order valence-electron chi connectivity index (χ2n) is 3.65. The zero-order valence-corrected chi connectivity index (χ0v) is 11.5. The minimum Gasteiger partial charge on any atom is -0.198 e. The summed E-state index contributed by atoms with van der Waals surface area (Å²) in [5.41, 5.74) is 0.705. The van der Waals surface area contributed by atoms with E-state index in [9.17, 15) is 8.42 Å². The summed E-state index contributed by atoms with van der Waals surface area (Å²) in [6, 6.07) is 8.91. The van der Waals surface area contributed by atoms with E-state index in [1.807, 2.05) is 6.07 Å². The van der Waals surface area contributed by atoms with Gasteiger partial charge in [0.15, 0.2) is 0 Å². The lowest BCUT2D eigenvalue weighted by atomic mass is 10.2. The maximum Gasteiger partial charge on any atom is 0.279 e. The number of halogens is 1. The van der Waals surface area contributed by atoms with Crippen molar-refractivity contribution in [1.29, 1.82) is 5.26 Å². The first-order chi connectivity index (χ1) is 8.47. The van der Waals surface area contributed by atoms with Crippen LogP contribution in [0.1, 0.15) is 12.0 Å². The molecule has 18 heavy (non-hydrogen) atoms. The molecule has 7 heteroatoms. The summed E-state index contributed by atoms with van der Waals surface area (Å²) in [4.78, 5) is 0. The summed E-state index contributed by atoms with van der Waals surface area (Å²) in [6.45, 7) is 0.285. The van der Waals surface area contributed by atoms with Gasteiger partial charge in [0.2, 0.25) is 0 Å². The second kappa shape index (κ2) is 6.71. The van der Waals surface area contributed by atoms with Crippen LogP contribution in [0.25, 0.3) is 0 Å². The fourth-order valence-electron chi connectivity index (χ4n) is 1.25. The van der Waals surface area contributed by atoms with Crippen molar-refractivity contribution in [2.45, 2.75) is 13.0 Å². The highest BCUT2D eigenvalue weighted by Gasteiger charge is 2.16. The summed E-state index contributed by atoms with van der Waals surface area (Å²) >= 11 is 5.92. The number of hydrogen-bond donors (Lipinski definition) is 1. The van der Waals surface area contributed by atoms with Crippen molar-refractivity contribution >= 4 is 21.8 Å². The molecule has 5 nitrogen and oxygen atoms in total. The predicted molar refractivity (Wildman–Crippen MR) is 70.1 cm³/mol. The van der Waals surface area contributed by atoms with Crippen molar-refractivity contribution in [1.82, 2.24) is 9.03 Å². The average Bonchev–Trinajstić information content (AvgIpc) is 2.35. The Balaban J connectivity index is 2.63. The molecule has 0 fully saturated rings. The maximum atomic E-state index is 11.8. The number of hydrogen-bond acceptors (Lipinski definition) is 3. The van der Waals surface area contributed by atoms with Gasteiger partial charge in [-0.25, -0.2) is 0 Å². The van der Waals surface area contributed by atoms with E-state index in [0.717, 1.165) is 4.31 Å². The van der Waals surface area contributed by atoms with Crippen LogP contribution in [-0.4, -0.2) is 26.3 Å². The Morgan fingerprint density at radius 2 is 2.11 bits per heavy atom. The van der Waals surface area contributed by atoms with Crippen LogP contribution >= 0.6 is 11.6 Å². The van der Waals surface area contributed by atoms with Crippen molar-refractivity contribution in [3.8, 4) is 6.07 Å². The highest BCUT2D eigenvalue weighted by atomic mass is 35.5. The van der Waals surface area contributed by atoms with Crippen LogP contribution in [0, 0.1) is 11.3 Å². The largest absolute Gasteiger partial charge is 0.279 e. The van der Waals surface area contributed by atoms with Gasteiger partial charge in [-0.15, -0.1) is 0 Å². The van der Waals surface area contributed by atoms with E-state index in [1.165, 1.54) is 7.05 Å². The normalized spacial score (nSPS) is 11.4. The zero-order valence-electron chi connectivity index (χ0n) is 9.93. The molecule has 0 amide bonds. The van der Waals surface area contributed by atoms with E-state index in [0.29, 0.717) is 10.6 Å². The summed E-state index contributed by atoms with van der Waals surface area (Å²) in [6.07, 6.45) is 0.156. The lowest BCUT2D eigenvalue weighted by molar-refractivity contribution is 0.464. The lowest BCUT2D eigenvalue weighted by Crippen LogP contribution is -2.38. The topological polar surface area (TPSA) is 73.2 Å². The highest BCUT2D eigenvalue weighted by Crippen LogP contribution is 2.14. The molecule has 1 aromatic carbocycles. The van der Waals surface area contributed by atoms with Crippen LogP contribution in [-0.2, 0) is 16.8 Å². The van der Waals surface area contributed by atoms with Gasteiger partial charge in [-0.3, -0.25) is 0 Å². The molecule has 0 bridgehead atoms. The molecule has 0 saturated carbocycles. The van der Waals surface area contributed by atoms with Gasteiger partial charge in [0.25, 0.3) is 10.2 Å². The van der Waals surface area contributed by atoms with Gasteiger partial charge >= 0.3 is 0 Å². The number of nitrogens with one attached hydrogen (secondary N) is 1. The van der Waals surface area contributed by atoms with E-state index in [1.54, 1.807) is 24.3 Å². The van der Waals surface area contributed by atoms with Gasteiger partial charge in [0.05, 0.1) is 6.07 Å². The second-order valence-corrected chi connectivity index (χ2v) is 5.92.